The molecular formula is C13H17BrN2O2. The number of carbonyl (C=O) groups is 1. The van der Waals surface area contributed by atoms with Crippen LogP contribution in [0.3, 0.4) is 0 Å². The maximum Gasteiger partial charge on any atom is 0.320 e. The van der Waals surface area contributed by atoms with Crippen LogP contribution in [0.2, 0.25) is 0 Å². The largest absolute Gasteiger partial charge is 0.460 e. The normalized spacial score (nSPS) is 16.5. The molecule has 0 radical (unpaired) electrons. The molecule has 18 heavy (non-hydrogen) atoms. The van der Waals surface area contributed by atoms with Crippen molar-refractivity contribution in [3.63, 3.8) is 0 Å². The third kappa shape index (κ3) is 4.08. The molecule has 1 aromatic rings. The van der Waals surface area contributed by atoms with Crippen LogP contribution in [-0.2, 0) is 16.1 Å². The maximum absolute atomic E-state index is 11.7. The highest BCUT2D eigenvalue weighted by Crippen LogP contribution is 2.16. The maximum atomic E-state index is 11.7. The van der Waals surface area contributed by atoms with Crippen molar-refractivity contribution in [2.45, 2.75) is 6.61 Å². The van der Waals surface area contributed by atoms with Crippen LogP contribution in [0.1, 0.15) is 5.56 Å². The summed E-state index contributed by atoms with van der Waals surface area (Å²) in [5.74, 6) is -0.160. The second kappa shape index (κ2) is 6.87. The lowest BCUT2D eigenvalue weighted by Crippen LogP contribution is -2.45. The van der Waals surface area contributed by atoms with Gasteiger partial charge in [0, 0.05) is 36.2 Å². The van der Waals surface area contributed by atoms with Crippen LogP contribution in [0, 0.1) is 0 Å². The number of piperazine rings is 1. The molecule has 1 aromatic carbocycles. The molecule has 1 aliphatic heterocycles. The van der Waals surface area contributed by atoms with Gasteiger partial charge in [-0.3, -0.25) is 9.69 Å². The summed E-state index contributed by atoms with van der Waals surface area (Å²) < 4.78 is 6.25. The molecule has 0 spiro atoms. The molecule has 0 saturated carbocycles. The number of hydrogen-bond donors (Lipinski definition) is 1. The van der Waals surface area contributed by atoms with E-state index in [1.54, 1.807) is 0 Å². The third-order valence-electron chi connectivity index (χ3n) is 2.91. The van der Waals surface area contributed by atoms with Gasteiger partial charge in [-0.25, -0.2) is 0 Å². The van der Waals surface area contributed by atoms with Gasteiger partial charge in [0.05, 0.1) is 6.54 Å². The minimum absolute atomic E-state index is 0.160. The lowest BCUT2D eigenvalue weighted by Gasteiger charge is -2.26. The fraction of sp³-hybridized carbons (Fsp3) is 0.462. The molecule has 0 aromatic heterocycles. The Morgan fingerprint density at radius 3 is 2.78 bits per heavy atom. The van der Waals surface area contributed by atoms with E-state index in [1.165, 1.54) is 0 Å². The van der Waals surface area contributed by atoms with E-state index in [4.69, 9.17) is 4.74 Å². The number of halogens is 1. The lowest BCUT2D eigenvalue weighted by molar-refractivity contribution is -0.146. The number of carbonyl (C=O) groups excluding carboxylic acids is 1. The predicted octanol–water partition coefficient (Wildman–Crippen LogP) is 1.40. The van der Waals surface area contributed by atoms with Crippen LogP contribution >= 0.6 is 15.9 Å². The summed E-state index contributed by atoms with van der Waals surface area (Å²) in [5, 5.41) is 3.25. The van der Waals surface area contributed by atoms with Crippen LogP contribution in [0.4, 0.5) is 0 Å². The van der Waals surface area contributed by atoms with Crippen molar-refractivity contribution in [2.24, 2.45) is 0 Å². The molecular weight excluding hydrogens is 296 g/mol. The molecule has 1 N–H and O–H groups in total. The highest BCUT2D eigenvalue weighted by molar-refractivity contribution is 9.10. The summed E-state index contributed by atoms with van der Waals surface area (Å²) in [4.78, 5) is 13.8. The molecule has 0 aliphatic carbocycles. The first-order valence-electron chi connectivity index (χ1n) is 6.08. The topological polar surface area (TPSA) is 41.6 Å². The second-order valence-electron chi connectivity index (χ2n) is 4.28. The first-order valence-corrected chi connectivity index (χ1v) is 6.87. The number of hydrogen-bond acceptors (Lipinski definition) is 4. The van der Waals surface area contributed by atoms with Gasteiger partial charge in [-0.15, -0.1) is 0 Å². The molecule has 1 saturated heterocycles. The van der Waals surface area contributed by atoms with Crippen LogP contribution in [0.5, 0.6) is 0 Å². The van der Waals surface area contributed by atoms with Crippen LogP contribution in [0.15, 0.2) is 28.7 Å². The SMILES string of the molecule is O=C(CN1CCNCC1)OCc1ccccc1Br. The number of esters is 1. The zero-order chi connectivity index (χ0) is 12.8. The van der Waals surface area contributed by atoms with Crippen molar-refractivity contribution in [1.29, 1.82) is 0 Å². The van der Waals surface area contributed by atoms with Crippen LogP contribution in [0.25, 0.3) is 0 Å². The first kappa shape index (κ1) is 13.5. The Bertz CT molecular complexity index is 406. The minimum atomic E-state index is -0.160. The summed E-state index contributed by atoms with van der Waals surface area (Å²) >= 11 is 3.43. The Morgan fingerprint density at radius 2 is 2.06 bits per heavy atom. The average Bonchev–Trinajstić information content (AvgIpc) is 2.39. The highest BCUT2D eigenvalue weighted by atomic mass is 79.9. The van der Waals surface area contributed by atoms with Gasteiger partial charge in [0.1, 0.15) is 6.61 Å². The summed E-state index contributed by atoms with van der Waals surface area (Å²) in [7, 11) is 0. The predicted molar refractivity (Wildman–Crippen MR) is 73.2 cm³/mol. The molecule has 1 heterocycles. The van der Waals surface area contributed by atoms with Gasteiger partial charge in [0.25, 0.3) is 0 Å². The molecule has 98 valence electrons. The average molecular weight is 313 g/mol. The molecule has 0 bridgehead atoms. The van der Waals surface area contributed by atoms with E-state index in [0.29, 0.717) is 13.2 Å². The number of benzene rings is 1. The van der Waals surface area contributed by atoms with E-state index >= 15 is 0 Å². The van der Waals surface area contributed by atoms with Crippen molar-refractivity contribution in [1.82, 2.24) is 10.2 Å². The van der Waals surface area contributed by atoms with E-state index in [-0.39, 0.29) is 5.97 Å². The van der Waals surface area contributed by atoms with E-state index in [2.05, 4.69) is 26.1 Å². The van der Waals surface area contributed by atoms with E-state index < -0.39 is 0 Å². The first-order chi connectivity index (χ1) is 8.75. The Labute approximate surface area is 115 Å². The van der Waals surface area contributed by atoms with Gasteiger partial charge in [0.2, 0.25) is 0 Å². The van der Waals surface area contributed by atoms with Gasteiger partial charge in [-0.05, 0) is 6.07 Å². The Morgan fingerprint density at radius 1 is 1.33 bits per heavy atom. The van der Waals surface area contributed by atoms with Crippen molar-refractivity contribution in [2.75, 3.05) is 32.7 Å². The van der Waals surface area contributed by atoms with Gasteiger partial charge >= 0.3 is 5.97 Å². The van der Waals surface area contributed by atoms with E-state index in [9.17, 15) is 4.79 Å². The second-order valence-corrected chi connectivity index (χ2v) is 5.13. The van der Waals surface area contributed by atoms with Crippen LogP contribution < -0.4 is 5.32 Å². The molecule has 0 amide bonds. The van der Waals surface area contributed by atoms with Gasteiger partial charge < -0.3 is 10.1 Å². The lowest BCUT2D eigenvalue weighted by atomic mass is 10.2. The fourth-order valence-electron chi connectivity index (χ4n) is 1.87. The Kier molecular flexibility index (Phi) is 5.16. The van der Waals surface area contributed by atoms with Crippen LogP contribution in [-0.4, -0.2) is 43.6 Å². The van der Waals surface area contributed by atoms with Gasteiger partial charge in [0.15, 0.2) is 0 Å². The number of nitrogens with zero attached hydrogens (tertiary/aromatic N) is 1. The quantitative estimate of drug-likeness (QED) is 0.853. The minimum Gasteiger partial charge on any atom is -0.460 e. The zero-order valence-electron chi connectivity index (χ0n) is 10.2. The zero-order valence-corrected chi connectivity index (χ0v) is 11.8. The standard InChI is InChI=1S/C13H17BrN2O2/c14-12-4-2-1-3-11(12)10-18-13(17)9-16-7-5-15-6-8-16/h1-4,15H,5-10H2. The summed E-state index contributed by atoms with van der Waals surface area (Å²) in [5.41, 5.74) is 0.992. The number of rotatable bonds is 4. The Balaban J connectivity index is 1.76. The van der Waals surface area contributed by atoms with Crippen molar-refractivity contribution in [3.8, 4) is 0 Å². The monoisotopic (exact) mass is 312 g/mol. The fourth-order valence-corrected chi connectivity index (χ4v) is 2.27. The van der Waals surface area contributed by atoms with Gasteiger partial charge in [-0.2, -0.15) is 0 Å². The smallest absolute Gasteiger partial charge is 0.320 e. The van der Waals surface area contributed by atoms with Crippen molar-refractivity contribution in [3.05, 3.63) is 34.3 Å². The molecule has 1 fully saturated rings. The molecule has 4 nitrogen and oxygen atoms in total. The summed E-state index contributed by atoms with van der Waals surface area (Å²) in [6, 6.07) is 7.77. The van der Waals surface area contributed by atoms with Crippen molar-refractivity contribution < 1.29 is 9.53 Å². The molecule has 0 unspecified atom stereocenters. The third-order valence-corrected chi connectivity index (χ3v) is 3.68. The van der Waals surface area contributed by atoms with Gasteiger partial charge in [-0.1, -0.05) is 34.1 Å². The van der Waals surface area contributed by atoms with E-state index in [0.717, 1.165) is 36.2 Å². The summed E-state index contributed by atoms with van der Waals surface area (Å²) in [6.45, 7) is 4.40. The molecule has 5 heteroatoms. The van der Waals surface area contributed by atoms with E-state index in [1.807, 2.05) is 24.3 Å². The summed E-state index contributed by atoms with van der Waals surface area (Å²) in [6.07, 6.45) is 0. The molecule has 0 atom stereocenters. The Hall–Kier alpha value is -0.910. The molecule has 1 aliphatic rings. The van der Waals surface area contributed by atoms with Crippen molar-refractivity contribution >= 4 is 21.9 Å². The molecule has 2 rings (SSSR count). The number of ether oxygens (including phenoxy) is 1. The number of nitrogens with one attached hydrogen (secondary N) is 1. The highest BCUT2D eigenvalue weighted by Gasteiger charge is 2.14.